The number of carbonyl (C=O) groups is 3. The van der Waals surface area contributed by atoms with Gasteiger partial charge in [0.1, 0.15) is 0 Å². The highest BCUT2D eigenvalue weighted by Gasteiger charge is 2.20. The Morgan fingerprint density at radius 1 is 0.962 bits per heavy atom. The first-order valence-corrected chi connectivity index (χ1v) is 9.50. The molecule has 1 aromatic rings. The highest BCUT2D eigenvalue weighted by Crippen LogP contribution is 2.23. The van der Waals surface area contributed by atoms with E-state index < -0.39 is 5.91 Å². The molecular formula is C18H23Cl2N3O3. The number of amides is 3. The average Bonchev–Trinajstić information content (AvgIpc) is 2.63. The fourth-order valence-electron chi connectivity index (χ4n) is 2.89. The molecule has 3 amide bonds. The number of hydrogen-bond acceptors (Lipinski definition) is 3. The lowest BCUT2D eigenvalue weighted by molar-refractivity contribution is -0.126. The SMILES string of the molecule is O=C(CNC(=O)c1ccc(Cl)cc1Cl)NCCNC(=O)C1CCCCC1. The van der Waals surface area contributed by atoms with E-state index in [0.717, 1.165) is 25.7 Å². The van der Waals surface area contributed by atoms with Crippen LogP contribution in [-0.4, -0.2) is 37.4 Å². The third kappa shape index (κ3) is 6.50. The van der Waals surface area contributed by atoms with Crippen LogP contribution < -0.4 is 16.0 Å². The fourth-order valence-corrected chi connectivity index (χ4v) is 3.38. The number of halogens is 2. The number of carbonyl (C=O) groups excluding carboxylic acids is 3. The minimum atomic E-state index is -0.451. The molecule has 0 saturated heterocycles. The quantitative estimate of drug-likeness (QED) is 0.615. The zero-order valence-electron chi connectivity index (χ0n) is 14.4. The van der Waals surface area contributed by atoms with Gasteiger partial charge in [-0.15, -0.1) is 0 Å². The molecule has 3 N–H and O–H groups in total. The molecule has 0 bridgehead atoms. The van der Waals surface area contributed by atoms with Crippen LogP contribution in [0.1, 0.15) is 42.5 Å². The summed E-state index contributed by atoms with van der Waals surface area (Å²) in [6.45, 7) is 0.515. The van der Waals surface area contributed by atoms with Crippen LogP contribution in [-0.2, 0) is 9.59 Å². The Labute approximate surface area is 163 Å². The Morgan fingerprint density at radius 3 is 2.35 bits per heavy atom. The lowest BCUT2D eigenvalue weighted by Gasteiger charge is -2.20. The molecule has 0 radical (unpaired) electrons. The summed E-state index contributed by atoms with van der Waals surface area (Å²) in [5.74, 6) is -0.629. The first-order valence-electron chi connectivity index (χ1n) is 8.75. The second kappa shape index (κ2) is 10.4. The second-order valence-corrected chi connectivity index (χ2v) is 7.13. The Balaban J connectivity index is 1.62. The van der Waals surface area contributed by atoms with Crippen LogP contribution in [0, 0.1) is 5.92 Å². The number of hydrogen-bond donors (Lipinski definition) is 3. The summed E-state index contributed by atoms with van der Waals surface area (Å²) in [5, 5.41) is 8.64. The minimum absolute atomic E-state index is 0.0598. The number of benzene rings is 1. The van der Waals surface area contributed by atoms with E-state index in [1.165, 1.54) is 18.6 Å². The van der Waals surface area contributed by atoms with Crippen molar-refractivity contribution < 1.29 is 14.4 Å². The molecule has 1 saturated carbocycles. The van der Waals surface area contributed by atoms with Crippen LogP contribution in [0.5, 0.6) is 0 Å². The molecule has 26 heavy (non-hydrogen) atoms. The van der Waals surface area contributed by atoms with Gasteiger partial charge in [-0.3, -0.25) is 14.4 Å². The number of rotatable bonds is 7. The van der Waals surface area contributed by atoms with Gasteiger partial charge in [-0.25, -0.2) is 0 Å². The van der Waals surface area contributed by atoms with Crippen molar-refractivity contribution in [2.24, 2.45) is 5.92 Å². The molecule has 0 spiro atoms. The van der Waals surface area contributed by atoms with Crippen LogP contribution in [0.4, 0.5) is 0 Å². The van der Waals surface area contributed by atoms with Crippen molar-refractivity contribution in [1.29, 1.82) is 0 Å². The maximum atomic E-state index is 12.0. The Bertz CT molecular complexity index is 661. The van der Waals surface area contributed by atoms with Gasteiger partial charge in [0.2, 0.25) is 11.8 Å². The van der Waals surface area contributed by atoms with Crippen molar-refractivity contribution >= 4 is 40.9 Å². The molecule has 1 aromatic carbocycles. The van der Waals surface area contributed by atoms with Gasteiger partial charge in [-0.05, 0) is 31.0 Å². The van der Waals surface area contributed by atoms with E-state index in [0.29, 0.717) is 18.1 Å². The van der Waals surface area contributed by atoms with Gasteiger partial charge in [0.25, 0.3) is 5.91 Å². The monoisotopic (exact) mass is 399 g/mol. The lowest BCUT2D eigenvalue weighted by atomic mass is 9.89. The summed E-state index contributed by atoms with van der Waals surface area (Å²) < 4.78 is 0. The van der Waals surface area contributed by atoms with Crippen molar-refractivity contribution in [3.63, 3.8) is 0 Å². The second-order valence-electron chi connectivity index (χ2n) is 6.28. The van der Waals surface area contributed by atoms with Gasteiger partial charge in [-0.2, -0.15) is 0 Å². The van der Waals surface area contributed by atoms with Gasteiger partial charge in [0, 0.05) is 24.0 Å². The molecule has 0 unspecified atom stereocenters. The smallest absolute Gasteiger partial charge is 0.253 e. The molecule has 1 aliphatic rings. The highest BCUT2D eigenvalue weighted by atomic mass is 35.5. The predicted molar refractivity (Wildman–Crippen MR) is 101 cm³/mol. The normalized spacial score (nSPS) is 14.5. The van der Waals surface area contributed by atoms with Crippen LogP contribution in [0.3, 0.4) is 0 Å². The molecule has 8 heteroatoms. The molecule has 0 heterocycles. The van der Waals surface area contributed by atoms with Crippen LogP contribution >= 0.6 is 23.2 Å². The molecule has 0 aliphatic heterocycles. The van der Waals surface area contributed by atoms with Gasteiger partial charge in [0.15, 0.2) is 0 Å². The standard InChI is InChI=1S/C18H23Cl2N3O3/c19-13-6-7-14(15(20)10-13)18(26)23-11-16(24)21-8-9-22-17(25)12-4-2-1-3-5-12/h6-7,10,12H,1-5,8-9,11H2,(H,21,24)(H,22,25)(H,23,26). The Morgan fingerprint density at radius 2 is 1.65 bits per heavy atom. The zero-order valence-corrected chi connectivity index (χ0v) is 16.0. The molecule has 0 atom stereocenters. The Hall–Kier alpha value is -1.79. The topological polar surface area (TPSA) is 87.3 Å². The average molecular weight is 400 g/mol. The molecule has 2 rings (SSSR count). The summed E-state index contributed by atoms with van der Waals surface area (Å²) in [5.41, 5.74) is 0.253. The highest BCUT2D eigenvalue weighted by molar-refractivity contribution is 6.36. The van der Waals surface area contributed by atoms with Crippen LogP contribution in [0.25, 0.3) is 0 Å². The molecule has 142 valence electrons. The fraction of sp³-hybridized carbons (Fsp3) is 0.500. The summed E-state index contributed by atoms with van der Waals surface area (Å²) in [7, 11) is 0. The summed E-state index contributed by atoms with van der Waals surface area (Å²) in [6, 6.07) is 4.52. The minimum Gasteiger partial charge on any atom is -0.354 e. The van der Waals surface area contributed by atoms with Crippen LogP contribution in [0.15, 0.2) is 18.2 Å². The van der Waals surface area contributed by atoms with E-state index in [9.17, 15) is 14.4 Å². The number of nitrogens with one attached hydrogen (secondary N) is 3. The molecule has 0 aromatic heterocycles. The van der Waals surface area contributed by atoms with Crippen molar-refractivity contribution in [3.8, 4) is 0 Å². The van der Waals surface area contributed by atoms with E-state index in [1.807, 2.05) is 0 Å². The Kier molecular flexibility index (Phi) is 8.19. The van der Waals surface area contributed by atoms with E-state index >= 15 is 0 Å². The van der Waals surface area contributed by atoms with E-state index in [-0.39, 0.29) is 34.9 Å². The maximum absolute atomic E-state index is 12.0. The first-order chi connectivity index (χ1) is 12.5. The molecule has 1 fully saturated rings. The van der Waals surface area contributed by atoms with Crippen molar-refractivity contribution in [3.05, 3.63) is 33.8 Å². The molecule has 6 nitrogen and oxygen atoms in total. The van der Waals surface area contributed by atoms with E-state index in [4.69, 9.17) is 23.2 Å². The summed E-state index contributed by atoms with van der Waals surface area (Å²) >= 11 is 11.7. The van der Waals surface area contributed by atoms with Gasteiger partial charge >= 0.3 is 0 Å². The van der Waals surface area contributed by atoms with Gasteiger partial charge < -0.3 is 16.0 Å². The van der Waals surface area contributed by atoms with E-state index in [1.54, 1.807) is 6.07 Å². The van der Waals surface area contributed by atoms with Gasteiger partial charge in [0.05, 0.1) is 17.1 Å². The predicted octanol–water partition coefficient (Wildman–Crippen LogP) is 2.54. The van der Waals surface area contributed by atoms with Crippen molar-refractivity contribution in [2.45, 2.75) is 32.1 Å². The lowest BCUT2D eigenvalue weighted by Crippen LogP contribution is -2.41. The van der Waals surface area contributed by atoms with Crippen molar-refractivity contribution in [2.75, 3.05) is 19.6 Å². The summed E-state index contributed by atoms with van der Waals surface area (Å²) in [4.78, 5) is 35.7. The first kappa shape index (κ1) is 20.5. The van der Waals surface area contributed by atoms with E-state index in [2.05, 4.69) is 16.0 Å². The largest absolute Gasteiger partial charge is 0.354 e. The van der Waals surface area contributed by atoms with Crippen molar-refractivity contribution in [1.82, 2.24) is 16.0 Å². The van der Waals surface area contributed by atoms with Gasteiger partial charge in [-0.1, -0.05) is 42.5 Å². The maximum Gasteiger partial charge on any atom is 0.253 e. The van der Waals surface area contributed by atoms with Crippen LogP contribution in [0.2, 0.25) is 10.0 Å². The third-order valence-electron chi connectivity index (χ3n) is 4.31. The molecule has 1 aliphatic carbocycles. The summed E-state index contributed by atoms with van der Waals surface area (Å²) in [6.07, 6.45) is 5.29. The third-order valence-corrected chi connectivity index (χ3v) is 4.86. The molecular weight excluding hydrogens is 377 g/mol. The zero-order chi connectivity index (χ0) is 18.9.